The van der Waals surface area contributed by atoms with E-state index in [0.717, 1.165) is 11.7 Å². The van der Waals surface area contributed by atoms with E-state index in [1.54, 1.807) is 0 Å². The number of ether oxygens (including phenoxy) is 1. The van der Waals surface area contributed by atoms with Crippen LogP contribution in [0.3, 0.4) is 0 Å². The molecule has 1 aliphatic rings. The molecule has 1 fully saturated rings. The Kier molecular flexibility index (Phi) is 2.96. The lowest BCUT2D eigenvalue weighted by molar-refractivity contribution is 0.339. The minimum Gasteiger partial charge on any atom is -0.494 e. The van der Waals surface area contributed by atoms with E-state index in [2.05, 4.69) is 19.1 Å². The van der Waals surface area contributed by atoms with Crippen molar-refractivity contribution >= 4 is 0 Å². The van der Waals surface area contributed by atoms with Crippen LogP contribution in [0.15, 0.2) is 24.3 Å². The summed E-state index contributed by atoms with van der Waals surface area (Å²) in [4.78, 5) is 0. The number of hydrogen-bond acceptors (Lipinski definition) is 2. The lowest BCUT2D eigenvalue weighted by Gasteiger charge is -2.12. The van der Waals surface area contributed by atoms with E-state index in [4.69, 9.17) is 10.5 Å². The fourth-order valence-electron chi connectivity index (χ4n) is 2.08. The summed E-state index contributed by atoms with van der Waals surface area (Å²) in [6.07, 6.45) is 1.26. The predicted octanol–water partition coefficient (Wildman–Crippen LogP) is 2.74. The van der Waals surface area contributed by atoms with Gasteiger partial charge in [-0.05, 0) is 42.9 Å². The summed E-state index contributed by atoms with van der Waals surface area (Å²) in [6.45, 7) is 4.96. The molecule has 0 aromatic heterocycles. The summed E-state index contributed by atoms with van der Waals surface area (Å²) in [5.41, 5.74) is 7.40. The smallest absolute Gasteiger partial charge is 0.119 e. The van der Waals surface area contributed by atoms with E-state index in [1.807, 2.05) is 19.1 Å². The van der Waals surface area contributed by atoms with Crippen LogP contribution < -0.4 is 10.5 Å². The standard InChI is InChI=1S/C13H19NO/c1-3-15-11-6-4-5-10(8-11)13(14)12-7-9(12)2/h4-6,8-9,12-13H,3,7,14H2,1-2H3. The van der Waals surface area contributed by atoms with Gasteiger partial charge >= 0.3 is 0 Å². The van der Waals surface area contributed by atoms with Gasteiger partial charge in [0.25, 0.3) is 0 Å². The molecule has 0 heterocycles. The van der Waals surface area contributed by atoms with Crippen molar-refractivity contribution < 1.29 is 4.74 Å². The summed E-state index contributed by atoms with van der Waals surface area (Å²) in [6, 6.07) is 8.35. The number of benzene rings is 1. The number of hydrogen-bond donors (Lipinski definition) is 1. The largest absolute Gasteiger partial charge is 0.494 e. The second-order valence-corrected chi connectivity index (χ2v) is 4.41. The summed E-state index contributed by atoms with van der Waals surface area (Å²) in [5, 5.41) is 0. The molecule has 3 unspecified atom stereocenters. The quantitative estimate of drug-likeness (QED) is 0.820. The first kappa shape index (κ1) is 10.5. The Bertz CT molecular complexity index is 337. The minimum atomic E-state index is 0.181. The maximum Gasteiger partial charge on any atom is 0.119 e. The molecule has 2 nitrogen and oxygen atoms in total. The first-order chi connectivity index (χ1) is 7.22. The van der Waals surface area contributed by atoms with Gasteiger partial charge in [-0.2, -0.15) is 0 Å². The molecule has 0 aliphatic heterocycles. The molecule has 2 heteroatoms. The van der Waals surface area contributed by atoms with Crippen molar-refractivity contribution in [3.05, 3.63) is 29.8 Å². The average molecular weight is 205 g/mol. The Labute approximate surface area is 91.4 Å². The monoisotopic (exact) mass is 205 g/mol. The number of nitrogens with two attached hydrogens (primary N) is 1. The zero-order chi connectivity index (χ0) is 10.8. The van der Waals surface area contributed by atoms with Gasteiger partial charge in [-0.3, -0.25) is 0 Å². The molecule has 0 saturated heterocycles. The summed E-state index contributed by atoms with van der Waals surface area (Å²) < 4.78 is 5.47. The van der Waals surface area contributed by atoms with E-state index in [-0.39, 0.29) is 6.04 Å². The second-order valence-electron chi connectivity index (χ2n) is 4.41. The average Bonchev–Trinajstić information content (AvgIpc) is 2.95. The molecule has 1 saturated carbocycles. The molecule has 1 aromatic rings. The van der Waals surface area contributed by atoms with Crippen LogP contribution in [0.2, 0.25) is 0 Å². The van der Waals surface area contributed by atoms with Gasteiger partial charge < -0.3 is 10.5 Å². The Hall–Kier alpha value is -1.02. The van der Waals surface area contributed by atoms with Crippen molar-refractivity contribution in [2.75, 3.05) is 6.61 Å². The fourth-order valence-corrected chi connectivity index (χ4v) is 2.08. The van der Waals surface area contributed by atoms with Crippen LogP contribution in [0.5, 0.6) is 5.75 Å². The van der Waals surface area contributed by atoms with Crippen LogP contribution in [-0.4, -0.2) is 6.61 Å². The van der Waals surface area contributed by atoms with Crippen LogP contribution >= 0.6 is 0 Å². The molecule has 2 rings (SSSR count). The summed E-state index contributed by atoms with van der Waals surface area (Å²) in [5.74, 6) is 2.39. The first-order valence-corrected chi connectivity index (χ1v) is 5.70. The molecule has 1 aromatic carbocycles. The lowest BCUT2D eigenvalue weighted by atomic mass is 10.0. The van der Waals surface area contributed by atoms with Crippen molar-refractivity contribution in [3.63, 3.8) is 0 Å². The summed E-state index contributed by atoms with van der Waals surface area (Å²) in [7, 11) is 0. The van der Waals surface area contributed by atoms with Gasteiger partial charge in [0.1, 0.15) is 5.75 Å². The molecule has 0 radical (unpaired) electrons. The van der Waals surface area contributed by atoms with Gasteiger partial charge in [0.2, 0.25) is 0 Å². The fraction of sp³-hybridized carbons (Fsp3) is 0.538. The van der Waals surface area contributed by atoms with E-state index in [0.29, 0.717) is 12.5 Å². The Balaban J connectivity index is 2.10. The van der Waals surface area contributed by atoms with E-state index < -0.39 is 0 Å². The van der Waals surface area contributed by atoms with Gasteiger partial charge in [-0.1, -0.05) is 19.1 Å². The van der Waals surface area contributed by atoms with E-state index in [1.165, 1.54) is 12.0 Å². The highest BCUT2D eigenvalue weighted by molar-refractivity contribution is 5.31. The van der Waals surface area contributed by atoms with E-state index in [9.17, 15) is 0 Å². The highest BCUT2D eigenvalue weighted by Gasteiger charge is 2.38. The van der Waals surface area contributed by atoms with Crippen molar-refractivity contribution in [1.29, 1.82) is 0 Å². The second kappa shape index (κ2) is 4.23. The van der Waals surface area contributed by atoms with Gasteiger partial charge in [-0.25, -0.2) is 0 Å². The molecule has 0 spiro atoms. The highest BCUT2D eigenvalue weighted by atomic mass is 16.5. The van der Waals surface area contributed by atoms with Crippen LogP contribution in [0.4, 0.5) is 0 Å². The third kappa shape index (κ3) is 2.32. The Morgan fingerprint density at radius 1 is 1.53 bits per heavy atom. The molecule has 0 bridgehead atoms. The molecule has 15 heavy (non-hydrogen) atoms. The molecule has 3 atom stereocenters. The molecule has 1 aliphatic carbocycles. The van der Waals surface area contributed by atoms with Crippen molar-refractivity contribution in [1.82, 2.24) is 0 Å². The maximum absolute atomic E-state index is 6.20. The predicted molar refractivity (Wildman–Crippen MR) is 61.8 cm³/mol. The highest BCUT2D eigenvalue weighted by Crippen LogP contribution is 2.45. The molecule has 82 valence electrons. The van der Waals surface area contributed by atoms with Crippen LogP contribution in [0.25, 0.3) is 0 Å². The van der Waals surface area contributed by atoms with Crippen LogP contribution in [0, 0.1) is 11.8 Å². The SMILES string of the molecule is CCOc1cccc(C(N)C2CC2C)c1. The minimum absolute atomic E-state index is 0.181. The van der Waals surface area contributed by atoms with Crippen molar-refractivity contribution in [3.8, 4) is 5.75 Å². The van der Waals surface area contributed by atoms with Crippen LogP contribution in [-0.2, 0) is 0 Å². The van der Waals surface area contributed by atoms with Gasteiger partial charge in [0.05, 0.1) is 6.61 Å². The molecular formula is C13H19NO. The zero-order valence-corrected chi connectivity index (χ0v) is 9.44. The van der Waals surface area contributed by atoms with Crippen molar-refractivity contribution in [2.45, 2.75) is 26.3 Å². The van der Waals surface area contributed by atoms with Gasteiger partial charge in [0, 0.05) is 6.04 Å². The van der Waals surface area contributed by atoms with Gasteiger partial charge in [-0.15, -0.1) is 0 Å². The number of rotatable bonds is 4. The van der Waals surface area contributed by atoms with E-state index >= 15 is 0 Å². The Morgan fingerprint density at radius 3 is 2.87 bits per heavy atom. The molecular weight excluding hydrogens is 186 g/mol. The van der Waals surface area contributed by atoms with Crippen LogP contribution in [0.1, 0.15) is 31.9 Å². The zero-order valence-electron chi connectivity index (χ0n) is 9.44. The third-order valence-electron chi connectivity index (χ3n) is 3.19. The molecule has 0 amide bonds. The molecule has 2 N–H and O–H groups in total. The maximum atomic E-state index is 6.20. The lowest BCUT2D eigenvalue weighted by Crippen LogP contribution is -2.13. The normalized spacial score (nSPS) is 26.1. The van der Waals surface area contributed by atoms with Gasteiger partial charge in [0.15, 0.2) is 0 Å². The van der Waals surface area contributed by atoms with Crippen molar-refractivity contribution in [2.24, 2.45) is 17.6 Å². The topological polar surface area (TPSA) is 35.2 Å². The summed E-state index contributed by atoms with van der Waals surface area (Å²) >= 11 is 0. The Morgan fingerprint density at radius 2 is 2.27 bits per heavy atom. The first-order valence-electron chi connectivity index (χ1n) is 5.70. The third-order valence-corrected chi connectivity index (χ3v) is 3.19.